The third-order valence-electron chi connectivity index (χ3n) is 3.04. The van der Waals surface area contributed by atoms with Crippen LogP contribution in [0, 0.1) is 0 Å². The highest BCUT2D eigenvalue weighted by Gasteiger charge is 2.19. The first-order valence-corrected chi connectivity index (χ1v) is 6.44. The van der Waals surface area contributed by atoms with E-state index in [0.29, 0.717) is 18.0 Å². The topological polar surface area (TPSA) is 53.6 Å². The molecule has 1 saturated heterocycles. The first kappa shape index (κ1) is 13.3. The Kier molecular flexibility index (Phi) is 5.60. The summed E-state index contributed by atoms with van der Waals surface area (Å²) in [4.78, 5) is 6.96. The van der Waals surface area contributed by atoms with Gasteiger partial charge in [-0.15, -0.1) is 0 Å². The van der Waals surface area contributed by atoms with Crippen LogP contribution in [0.15, 0.2) is 4.99 Å². The van der Waals surface area contributed by atoms with Gasteiger partial charge in [0.1, 0.15) is 0 Å². The molecule has 0 saturated carbocycles. The maximum atomic E-state index is 5.80. The smallest absolute Gasteiger partial charge is 0.188 e. The molecule has 0 radical (unpaired) electrons. The lowest BCUT2D eigenvalue weighted by Gasteiger charge is -2.25. The molecule has 0 amide bonds. The molecule has 4 heteroatoms. The number of guanidine groups is 1. The largest absolute Gasteiger partial charge is 0.370 e. The molecule has 94 valence electrons. The Hall–Kier alpha value is -0.770. The predicted molar refractivity (Wildman–Crippen MR) is 69.6 cm³/mol. The monoisotopic (exact) mass is 226 g/mol. The number of rotatable bonds is 5. The summed E-state index contributed by atoms with van der Waals surface area (Å²) in [7, 11) is 0. The molecule has 0 bridgehead atoms. The van der Waals surface area contributed by atoms with Crippen molar-refractivity contribution in [1.29, 1.82) is 0 Å². The van der Waals surface area contributed by atoms with E-state index in [1.165, 1.54) is 25.9 Å². The fourth-order valence-electron chi connectivity index (χ4n) is 2.15. The number of aliphatic imine (C=N–C) groups is 1. The molecule has 1 fully saturated rings. The SMILES string of the molecule is CCC(CN=C(N)NC(C)C)N1CCCC1. The Morgan fingerprint density at radius 1 is 1.38 bits per heavy atom. The maximum absolute atomic E-state index is 5.80. The fraction of sp³-hybridized carbons (Fsp3) is 0.917. The second-order valence-electron chi connectivity index (χ2n) is 4.83. The Morgan fingerprint density at radius 3 is 2.50 bits per heavy atom. The van der Waals surface area contributed by atoms with Gasteiger partial charge >= 0.3 is 0 Å². The Balaban J connectivity index is 2.37. The molecule has 1 aliphatic heterocycles. The molecule has 4 nitrogen and oxygen atoms in total. The fourth-order valence-corrected chi connectivity index (χ4v) is 2.15. The number of hydrogen-bond acceptors (Lipinski definition) is 2. The highest BCUT2D eigenvalue weighted by atomic mass is 15.2. The molecule has 0 spiro atoms. The van der Waals surface area contributed by atoms with Gasteiger partial charge in [0.15, 0.2) is 5.96 Å². The van der Waals surface area contributed by atoms with Crippen molar-refractivity contribution < 1.29 is 0 Å². The molecule has 1 aliphatic rings. The van der Waals surface area contributed by atoms with E-state index in [1.54, 1.807) is 0 Å². The van der Waals surface area contributed by atoms with Gasteiger partial charge < -0.3 is 11.1 Å². The highest BCUT2D eigenvalue weighted by Crippen LogP contribution is 2.14. The van der Waals surface area contributed by atoms with Gasteiger partial charge in [-0.25, -0.2) is 0 Å². The van der Waals surface area contributed by atoms with Crippen molar-refractivity contribution in [2.75, 3.05) is 19.6 Å². The van der Waals surface area contributed by atoms with Gasteiger partial charge in [0, 0.05) is 12.1 Å². The van der Waals surface area contributed by atoms with Gasteiger partial charge in [-0.1, -0.05) is 6.92 Å². The summed E-state index contributed by atoms with van der Waals surface area (Å²) >= 11 is 0. The van der Waals surface area contributed by atoms with Crippen LogP contribution in [0.5, 0.6) is 0 Å². The minimum Gasteiger partial charge on any atom is -0.370 e. The van der Waals surface area contributed by atoms with E-state index >= 15 is 0 Å². The number of nitrogens with one attached hydrogen (secondary N) is 1. The van der Waals surface area contributed by atoms with E-state index in [-0.39, 0.29) is 0 Å². The van der Waals surface area contributed by atoms with Gasteiger partial charge in [-0.05, 0) is 46.2 Å². The number of nitrogens with two attached hydrogens (primary N) is 1. The molecule has 1 heterocycles. The number of hydrogen-bond donors (Lipinski definition) is 2. The first-order chi connectivity index (χ1) is 7.63. The minimum atomic E-state index is 0.357. The predicted octanol–water partition coefficient (Wildman–Crippen LogP) is 1.17. The van der Waals surface area contributed by atoms with Crippen LogP contribution in [0.25, 0.3) is 0 Å². The average molecular weight is 226 g/mol. The van der Waals surface area contributed by atoms with Gasteiger partial charge in [-0.2, -0.15) is 0 Å². The summed E-state index contributed by atoms with van der Waals surface area (Å²) in [6.45, 7) is 9.64. The molecule has 1 rings (SSSR count). The maximum Gasteiger partial charge on any atom is 0.188 e. The molecular formula is C12H26N4. The molecule has 0 aromatic carbocycles. The minimum absolute atomic E-state index is 0.357. The number of likely N-dealkylation sites (tertiary alicyclic amines) is 1. The quantitative estimate of drug-likeness (QED) is 0.546. The van der Waals surface area contributed by atoms with Crippen molar-refractivity contribution >= 4 is 5.96 Å². The first-order valence-electron chi connectivity index (χ1n) is 6.44. The van der Waals surface area contributed by atoms with Crippen LogP contribution >= 0.6 is 0 Å². The third-order valence-corrected chi connectivity index (χ3v) is 3.04. The van der Waals surface area contributed by atoms with Crippen molar-refractivity contribution in [1.82, 2.24) is 10.2 Å². The van der Waals surface area contributed by atoms with Crippen molar-refractivity contribution in [3.63, 3.8) is 0 Å². The van der Waals surface area contributed by atoms with Crippen LogP contribution < -0.4 is 11.1 Å². The normalized spacial score (nSPS) is 20.4. The Bertz CT molecular complexity index is 219. The molecule has 0 aliphatic carbocycles. The standard InChI is InChI=1S/C12H26N4/c1-4-11(16-7-5-6-8-16)9-14-12(13)15-10(2)3/h10-11H,4-9H2,1-3H3,(H3,13,14,15). The Labute approximate surface area is 99.3 Å². The molecular weight excluding hydrogens is 200 g/mol. The van der Waals surface area contributed by atoms with Crippen LogP contribution in [-0.4, -0.2) is 42.6 Å². The number of nitrogens with zero attached hydrogens (tertiary/aromatic N) is 2. The molecule has 1 unspecified atom stereocenters. The van der Waals surface area contributed by atoms with Crippen LogP contribution in [-0.2, 0) is 0 Å². The molecule has 0 aromatic heterocycles. The average Bonchev–Trinajstić information content (AvgIpc) is 2.71. The zero-order valence-electron chi connectivity index (χ0n) is 10.9. The second kappa shape index (κ2) is 6.74. The summed E-state index contributed by atoms with van der Waals surface area (Å²) in [5.41, 5.74) is 5.80. The summed E-state index contributed by atoms with van der Waals surface area (Å²) in [5, 5.41) is 3.12. The van der Waals surface area contributed by atoms with Crippen molar-refractivity contribution in [3.05, 3.63) is 0 Å². The zero-order chi connectivity index (χ0) is 12.0. The van der Waals surface area contributed by atoms with Crippen molar-refractivity contribution in [3.8, 4) is 0 Å². The zero-order valence-corrected chi connectivity index (χ0v) is 10.9. The summed E-state index contributed by atoms with van der Waals surface area (Å²) in [6, 6.07) is 0.922. The van der Waals surface area contributed by atoms with Crippen LogP contribution in [0.1, 0.15) is 40.0 Å². The van der Waals surface area contributed by atoms with E-state index < -0.39 is 0 Å². The molecule has 1 atom stereocenters. The van der Waals surface area contributed by atoms with Crippen LogP contribution in [0.3, 0.4) is 0 Å². The Morgan fingerprint density at radius 2 is 2.00 bits per heavy atom. The summed E-state index contributed by atoms with van der Waals surface area (Å²) in [6.07, 6.45) is 3.82. The summed E-state index contributed by atoms with van der Waals surface area (Å²) < 4.78 is 0. The second-order valence-corrected chi connectivity index (χ2v) is 4.83. The van der Waals surface area contributed by atoms with Gasteiger partial charge in [0.2, 0.25) is 0 Å². The van der Waals surface area contributed by atoms with E-state index in [2.05, 4.69) is 36.0 Å². The van der Waals surface area contributed by atoms with Gasteiger partial charge in [0.25, 0.3) is 0 Å². The molecule has 3 N–H and O–H groups in total. The lowest BCUT2D eigenvalue weighted by molar-refractivity contribution is 0.242. The molecule has 0 aromatic rings. The van der Waals surface area contributed by atoms with E-state index in [0.717, 1.165) is 13.0 Å². The van der Waals surface area contributed by atoms with E-state index in [1.807, 2.05) is 0 Å². The molecule has 16 heavy (non-hydrogen) atoms. The van der Waals surface area contributed by atoms with Crippen LogP contribution in [0.2, 0.25) is 0 Å². The summed E-state index contributed by atoms with van der Waals surface area (Å²) in [5.74, 6) is 0.577. The lowest BCUT2D eigenvalue weighted by Crippen LogP contribution is -2.39. The van der Waals surface area contributed by atoms with E-state index in [4.69, 9.17) is 5.73 Å². The lowest BCUT2D eigenvalue weighted by atomic mass is 10.2. The third kappa shape index (κ3) is 4.39. The van der Waals surface area contributed by atoms with E-state index in [9.17, 15) is 0 Å². The van der Waals surface area contributed by atoms with Crippen molar-refractivity contribution in [2.24, 2.45) is 10.7 Å². The van der Waals surface area contributed by atoms with Crippen LogP contribution in [0.4, 0.5) is 0 Å². The van der Waals surface area contributed by atoms with Gasteiger partial charge in [-0.3, -0.25) is 9.89 Å². The van der Waals surface area contributed by atoms with Crippen molar-refractivity contribution in [2.45, 2.75) is 52.1 Å². The highest BCUT2D eigenvalue weighted by molar-refractivity contribution is 5.78. The van der Waals surface area contributed by atoms with Gasteiger partial charge in [0.05, 0.1) is 6.54 Å².